The number of benzene rings is 2. The lowest BCUT2D eigenvalue weighted by molar-refractivity contribution is -0.131. The largest absolute Gasteiger partial charge is 0.366 e. The average molecular weight is 414 g/mol. The summed E-state index contributed by atoms with van der Waals surface area (Å²) in [4.78, 5) is 28.7. The van der Waals surface area contributed by atoms with Crippen LogP contribution in [-0.2, 0) is 11.2 Å². The molecule has 1 aliphatic heterocycles. The summed E-state index contributed by atoms with van der Waals surface area (Å²) in [5, 5.41) is 0.817. The Labute approximate surface area is 172 Å². The van der Waals surface area contributed by atoms with E-state index in [2.05, 4.69) is 4.98 Å². The van der Waals surface area contributed by atoms with Crippen molar-refractivity contribution in [3.8, 4) is 11.1 Å². The first-order valence-electron chi connectivity index (χ1n) is 9.41. The second-order valence-electron chi connectivity index (χ2n) is 7.47. The molecule has 5 nitrogen and oxygen atoms in total. The number of primary amides is 1. The minimum absolute atomic E-state index is 0.0113. The van der Waals surface area contributed by atoms with Gasteiger partial charge < -0.3 is 15.6 Å². The van der Waals surface area contributed by atoms with Crippen LogP contribution in [0.3, 0.4) is 0 Å². The lowest BCUT2D eigenvalue weighted by Gasteiger charge is -2.35. The number of aryl methyl sites for hydroxylation is 1. The molecule has 0 saturated carbocycles. The number of hydrogen-bond donors (Lipinski definition) is 2. The van der Waals surface area contributed by atoms with E-state index in [0.29, 0.717) is 40.1 Å². The second kappa shape index (κ2) is 6.88. The van der Waals surface area contributed by atoms with Gasteiger partial charge in [0, 0.05) is 30.1 Å². The number of nitrogens with one attached hydrogen (secondary N) is 1. The fourth-order valence-corrected chi connectivity index (χ4v) is 4.66. The van der Waals surface area contributed by atoms with E-state index in [1.54, 1.807) is 13.8 Å². The Bertz CT molecular complexity index is 1180. The Morgan fingerprint density at radius 1 is 1.34 bits per heavy atom. The highest BCUT2D eigenvalue weighted by Crippen LogP contribution is 2.43. The van der Waals surface area contributed by atoms with Gasteiger partial charge in [-0.3, -0.25) is 9.59 Å². The van der Waals surface area contributed by atoms with Gasteiger partial charge in [0.05, 0.1) is 22.1 Å². The highest BCUT2D eigenvalue weighted by atomic mass is 35.5. The summed E-state index contributed by atoms with van der Waals surface area (Å²) in [5.41, 5.74) is 9.64. The van der Waals surface area contributed by atoms with E-state index in [1.165, 1.54) is 6.07 Å². The average Bonchev–Trinajstić information content (AvgIpc) is 2.96. The van der Waals surface area contributed by atoms with Crippen molar-refractivity contribution < 1.29 is 14.0 Å². The molecule has 1 aromatic heterocycles. The molecule has 0 fully saturated rings. The number of H-pyrrole nitrogens is 1. The molecule has 1 atom stereocenters. The molecule has 0 radical (unpaired) electrons. The third-order valence-electron chi connectivity index (χ3n) is 5.81. The molecule has 1 unspecified atom stereocenters. The molecule has 0 spiro atoms. The number of carbonyl (C=O) groups is 2. The van der Waals surface area contributed by atoms with Crippen molar-refractivity contribution in [3.05, 3.63) is 57.5 Å². The molecule has 7 heteroatoms. The van der Waals surface area contributed by atoms with E-state index in [0.717, 1.165) is 16.7 Å². The van der Waals surface area contributed by atoms with Crippen LogP contribution in [0.25, 0.3) is 22.0 Å². The summed E-state index contributed by atoms with van der Waals surface area (Å²) >= 11 is 6.52. The lowest BCUT2D eigenvalue weighted by atomic mass is 9.85. The van der Waals surface area contributed by atoms with E-state index in [9.17, 15) is 9.59 Å². The molecule has 4 rings (SSSR count). The molecule has 2 heterocycles. The van der Waals surface area contributed by atoms with E-state index in [4.69, 9.17) is 17.3 Å². The zero-order valence-corrected chi connectivity index (χ0v) is 17.2. The Balaban J connectivity index is 2.03. The van der Waals surface area contributed by atoms with Crippen LogP contribution in [-0.4, -0.2) is 28.2 Å². The van der Waals surface area contributed by atoms with E-state index in [1.807, 2.05) is 30.0 Å². The molecule has 2 aromatic carbocycles. The maximum absolute atomic E-state index is 15.3. The highest BCUT2D eigenvalue weighted by molar-refractivity contribution is 6.38. The molecular formula is C22H21ClFN3O2. The Morgan fingerprint density at radius 3 is 2.72 bits per heavy atom. The fourth-order valence-electron chi connectivity index (χ4n) is 4.42. The minimum Gasteiger partial charge on any atom is -0.366 e. The zero-order valence-electron chi connectivity index (χ0n) is 16.4. The lowest BCUT2D eigenvalue weighted by Crippen LogP contribution is -2.37. The van der Waals surface area contributed by atoms with Gasteiger partial charge in [-0.05, 0) is 43.0 Å². The summed E-state index contributed by atoms with van der Waals surface area (Å²) in [5.74, 6) is -1.27. The number of nitrogens with zero attached hydrogens (tertiary/aromatic N) is 1. The van der Waals surface area contributed by atoms with Gasteiger partial charge in [0.1, 0.15) is 5.82 Å². The molecule has 150 valence electrons. The van der Waals surface area contributed by atoms with Gasteiger partial charge in [0.2, 0.25) is 5.91 Å². The van der Waals surface area contributed by atoms with Crippen LogP contribution in [0.2, 0.25) is 5.02 Å². The maximum Gasteiger partial charge on any atom is 0.250 e. The third-order valence-corrected chi connectivity index (χ3v) is 6.28. The highest BCUT2D eigenvalue weighted by Gasteiger charge is 2.29. The quantitative estimate of drug-likeness (QED) is 0.648. The smallest absolute Gasteiger partial charge is 0.250 e. The molecule has 0 aliphatic carbocycles. The number of carbonyl (C=O) groups excluding carboxylic acids is 2. The Hall–Kier alpha value is -2.86. The molecular weight excluding hydrogens is 393 g/mol. The van der Waals surface area contributed by atoms with Crippen molar-refractivity contribution in [1.29, 1.82) is 0 Å². The summed E-state index contributed by atoms with van der Waals surface area (Å²) in [6.45, 7) is 5.85. The van der Waals surface area contributed by atoms with Crippen molar-refractivity contribution in [2.75, 3.05) is 6.54 Å². The standard InChI is InChI=1S/C22H21ClFN3O2/c1-10-20(23)19-18(17(24)9-16(22(25)29)21(19)26-10)15-6-4-5-13-11(2)27(12(3)28)8-7-14(13)15/h4-6,9,11,26H,7-8H2,1-3H3,(H2,25,29). The van der Waals surface area contributed by atoms with Crippen LogP contribution in [0.4, 0.5) is 4.39 Å². The van der Waals surface area contributed by atoms with Crippen LogP contribution >= 0.6 is 11.6 Å². The number of aromatic nitrogens is 1. The van der Waals surface area contributed by atoms with Gasteiger partial charge in [-0.15, -0.1) is 0 Å². The number of halogens is 2. The van der Waals surface area contributed by atoms with Crippen molar-refractivity contribution in [3.63, 3.8) is 0 Å². The molecule has 0 bridgehead atoms. The molecule has 1 aliphatic rings. The summed E-state index contributed by atoms with van der Waals surface area (Å²) in [6, 6.07) is 6.74. The van der Waals surface area contributed by atoms with Crippen molar-refractivity contribution >= 4 is 34.3 Å². The van der Waals surface area contributed by atoms with E-state index in [-0.39, 0.29) is 17.5 Å². The number of fused-ring (bicyclic) bond motifs is 2. The number of aromatic amines is 1. The van der Waals surface area contributed by atoms with Crippen LogP contribution in [0.1, 0.15) is 47.1 Å². The number of nitrogens with two attached hydrogens (primary N) is 1. The Kier molecular flexibility index (Phi) is 4.62. The topological polar surface area (TPSA) is 79.2 Å². The maximum atomic E-state index is 15.3. The first-order valence-corrected chi connectivity index (χ1v) is 9.79. The van der Waals surface area contributed by atoms with Crippen LogP contribution in [0.15, 0.2) is 24.3 Å². The molecule has 3 aromatic rings. The number of hydrogen-bond acceptors (Lipinski definition) is 2. The summed E-state index contributed by atoms with van der Waals surface area (Å²) < 4.78 is 15.3. The van der Waals surface area contributed by atoms with Crippen LogP contribution in [0, 0.1) is 12.7 Å². The van der Waals surface area contributed by atoms with Gasteiger partial charge in [-0.2, -0.15) is 0 Å². The van der Waals surface area contributed by atoms with Crippen molar-refractivity contribution in [2.45, 2.75) is 33.2 Å². The van der Waals surface area contributed by atoms with Crippen LogP contribution < -0.4 is 5.73 Å². The van der Waals surface area contributed by atoms with Crippen molar-refractivity contribution in [1.82, 2.24) is 9.88 Å². The Morgan fingerprint density at radius 2 is 2.07 bits per heavy atom. The second-order valence-corrected chi connectivity index (χ2v) is 7.85. The van der Waals surface area contributed by atoms with Gasteiger partial charge in [-0.25, -0.2) is 4.39 Å². The predicted molar refractivity (Wildman–Crippen MR) is 111 cm³/mol. The normalized spacial score (nSPS) is 16.2. The number of amides is 2. The van der Waals surface area contributed by atoms with E-state index < -0.39 is 11.7 Å². The minimum atomic E-state index is -0.723. The van der Waals surface area contributed by atoms with Crippen molar-refractivity contribution in [2.24, 2.45) is 5.73 Å². The number of rotatable bonds is 2. The molecule has 0 saturated heterocycles. The van der Waals surface area contributed by atoms with Gasteiger partial charge in [-0.1, -0.05) is 29.8 Å². The first-order chi connectivity index (χ1) is 13.7. The monoisotopic (exact) mass is 413 g/mol. The predicted octanol–water partition coefficient (Wildman–Crippen LogP) is 4.50. The molecule has 3 N–H and O–H groups in total. The van der Waals surface area contributed by atoms with Gasteiger partial charge in [0.15, 0.2) is 0 Å². The van der Waals surface area contributed by atoms with Gasteiger partial charge in [0.25, 0.3) is 5.91 Å². The SMILES string of the molecule is CC(=O)N1CCc2c(-c3c(F)cc(C(N)=O)c4[nH]c(C)c(Cl)c34)cccc2C1C. The van der Waals surface area contributed by atoms with E-state index >= 15 is 4.39 Å². The van der Waals surface area contributed by atoms with Crippen LogP contribution in [0.5, 0.6) is 0 Å². The molecule has 2 amide bonds. The summed E-state index contributed by atoms with van der Waals surface area (Å²) in [7, 11) is 0. The zero-order chi connectivity index (χ0) is 21.0. The fraction of sp³-hybridized carbons (Fsp3) is 0.273. The third kappa shape index (κ3) is 2.90. The summed E-state index contributed by atoms with van der Waals surface area (Å²) in [6.07, 6.45) is 0.606. The first kappa shape index (κ1) is 19.5. The van der Waals surface area contributed by atoms with Gasteiger partial charge >= 0.3 is 0 Å². The molecule has 29 heavy (non-hydrogen) atoms.